The highest BCUT2D eigenvalue weighted by Gasteiger charge is 2.13. The highest BCUT2D eigenvalue weighted by Crippen LogP contribution is 2.19. The number of nitrogens with zero attached hydrogens (tertiary/aromatic N) is 1. The quantitative estimate of drug-likeness (QED) is 0.798. The van der Waals surface area contributed by atoms with Crippen molar-refractivity contribution >= 4 is 0 Å². The summed E-state index contributed by atoms with van der Waals surface area (Å²) in [6.45, 7) is 7.96. The molecule has 0 radical (unpaired) electrons. The number of ether oxygens (including phenoxy) is 1. The van der Waals surface area contributed by atoms with E-state index in [1.807, 2.05) is 12.1 Å². The van der Waals surface area contributed by atoms with Crippen molar-refractivity contribution in [2.24, 2.45) is 0 Å². The maximum atomic E-state index is 13.1. The molecule has 0 aromatic heterocycles. The van der Waals surface area contributed by atoms with Crippen LogP contribution >= 0.6 is 0 Å². The second kappa shape index (κ2) is 9.13. The molecule has 2 rings (SSSR count). The van der Waals surface area contributed by atoms with Crippen LogP contribution in [0.5, 0.6) is 0 Å². The molecule has 1 aliphatic heterocycles. The van der Waals surface area contributed by atoms with Crippen molar-refractivity contribution < 1.29 is 9.13 Å². The number of hydrogen-bond acceptors (Lipinski definition) is 3. The van der Waals surface area contributed by atoms with Crippen LogP contribution in [-0.4, -0.2) is 44.3 Å². The van der Waals surface area contributed by atoms with Crippen LogP contribution in [0.15, 0.2) is 24.3 Å². The predicted octanol–water partition coefficient (Wildman–Crippen LogP) is 2.98. The molecule has 1 aliphatic rings. The Balaban J connectivity index is 1.82. The lowest BCUT2D eigenvalue weighted by molar-refractivity contribution is 0.0381. The first-order chi connectivity index (χ1) is 10.3. The van der Waals surface area contributed by atoms with Crippen LogP contribution < -0.4 is 5.32 Å². The average molecular weight is 294 g/mol. The summed E-state index contributed by atoms with van der Waals surface area (Å²) in [6, 6.07) is 7.23. The Labute approximate surface area is 127 Å². The second-order valence-electron chi connectivity index (χ2n) is 5.65. The standard InChI is InChI=1S/C17H27FN2O/c1-2-3-4-17(15-5-7-16(18)8-6-15)19-9-10-20-11-13-21-14-12-20/h5-8,17,19H,2-4,9-14H2,1H3. The van der Waals surface area contributed by atoms with Gasteiger partial charge in [0.25, 0.3) is 0 Å². The van der Waals surface area contributed by atoms with Crippen LogP contribution in [0.3, 0.4) is 0 Å². The minimum Gasteiger partial charge on any atom is -0.379 e. The Morgan fingerprint density at radius 3 is 2.62 bits per heavy atom. The largest absolute Gasteiger partial charge is 0.379 e. The van der Waals surface area contributed by atoms with Gasteiger partial charge in [-0.2, -0.15) is 0 Å². The van der Waals surface area contributed by atoms with Crippen LogP contribution in [0.25, 0.3) is 0 Å². The van der Waals surface area contributed by atoms with Gasteiger partial charge in [-0.3, -0.25) is 4.90 Å². The van der Waals surface area contributed by atoms with E-state index in [4.69, 9.17) is 4.74 Å². The van der Waals surface area contributed by atoms with E-state index in [1.54, 1.807) is 12.1 Å². The van der Waals surface area contributed by atoms with Gasteiger partial charge in [-0.15, -0.1) is 0 Å². The summed E-state index contributed by atoms with van der Waals surface area (Å²) in [7, 11) is 0. The molecule has 3 nitrogen and oxygen atoms in total. The van der Waals surface area contributed by atoms with Crippen molar-refractivity contribution in [3.05, 3.63) is 35.6 Å². The zero-order chi connectivity index (χ0) is 14.9. The zero-order valence-corrected chi connectivity index (χ0v) is 13.0. The number of hydrogen-bond donors (Lipinski definition) is 1. The van der Waals surface area contributed by atoms with Gasteiger partial charge in [-0.25, -0.2) is 4.39 Å². The van der Waals surface area contributed by atoms with E-state index >= 15 is 0 Å². The highest BCUT2D eigenvalue weighted by molar-refractivity contribution is 5.19. The van der Waals surface area contributed by atoms with E-state index in [0.29, 0.717) is 6.04 Å². The summed E-state index contributed by atoms with van der Waals surface area (Å²) < 4.78 is 18.4. The van der Waals surface area contributed by atoms with Gasteiger partial charge in [0, 0.05) is 32.2 Å². The Morgan fingerprint density at radius 1 is 1.24 bits per heavy atom. The van der Waals surface area contributed by atoms with E-state index in [-0.39, 0.29) is 5.82 Å². The van der Waals surface area contributed by atoms with Gasteiger partial charge in [0.05, 0.1) is 13.2 Å². The van der Waals surface area contributed by atoms with Crippen LogP contribution in [0, 0.1) is 5.82 Å². The smallest absolute Gasteiger partial charge is 0.123 e. The first kappa shape index (κ1) is 16.4. The molecule has 0 aliphatic carbocycles. The Kier molecular flexibility index (Phi) is 7.13. The predicted molar refractivity (Wildman–Crippen MR) is 83.9 cm³/mol. The van der Waals surface area contributed by atoms with E-state index in [0.717, 1.165) is 45.8 Å². The van der Waals surface area contributed by atoms with Gasteiger partial charge in [0.1, 0.15) is 5.82 Å². The van der Waals surface area contributed by atoms with Crippen molar-refractivity contribution in [2.75, 3.05) is 39.4 Å². The summed E-state index contributed by atoms with van der Waals surface area (Å²) in [5.74, 6) is -0.165. The van der Waals surface area contributed by atoms with Gasteiger partial charge in [0.15, 0.2) is 0 Å². The van der Waals surface area contributed by atoms with Crippen LogP contribution in [-0.2, 0) is 4.74 Å². The normalized spacial score (nSPS) is 17.8. The third-order valence-electron chi connectivity index (χ3n) is 4.04. The lowest BCUT2D eigenvalue weighted by Gasteiger charge is -2.28. The molecule has 4 heteroatoms. The van der Waals surface area contributed by atoms with Crippen molar-refractivity contribution in [3.8, 4) is 0 Å². The number of nitrogens with one attached hydrogen (secondary N) is 1. The molecule has 1 aromatic rings. The molecule has 1 aromatic carbocycles. The minimum atomic E-state index is -0.165. The molecule has 1 N–H and O–H groups in total. The first-order valence-corrected chi connectivity index (χ1v) is 8.08. The number of benzene rings is 1. The molecular weight excluding hydrogens is 267 g/mol. The number of rotatable bonds is 8. The molecule has 0 saturated carbocycles. The summed E-state index contributed by atoms with van der Waals surface area (Å²) >= 11 is 0. The molecule has 1 atom stereocenters. The molecule has 1 saturated heterocycles. The number of morpholine rings is 1. The lowest BCUT2D eigenvalue weighted by Crippen LogP contribution is -2.40. The van der Waals surface area contributed by atoms with Crippen molar-refractivity contribution in [1.29, 1.82) is 0 Å². The maximum absolute atomic E-state index is 13.1. The van der Waals surface area contributed by atoms with Crippen LogP contribution in [0.2, 0.25) is 0 Å². The fourth-order valence-corrected chi connectivity index (χ4v) is 2.71. The Bertz CT molecular complexity index is 390. The molecule has 1 fully saturated rings. The topological polar surface area (TPSA) is 24.5 Å². The zero-order valence-electron chi connectivity index (χ0n) is 13.0. The summed E-state index contributed by atoms with van der Waals surface area (Å²) in [4.78, 5) is 2.43. The van der Waals surface area contributed by atoms with Gasteiger partial charge in [-0.1, -0.05) is 31.9 Å². The first-order valence-electron chi connectivity index (χ1n) is 8.08. The fraction of sp³-hybridized carbons (Fsp3) is 0.647. The number of halogens is 1. The van der Waals surface area contributed by atoms with Crippen molar-refractivity contribution in [3.63, 3.8) is 0 Å². The average Bonchev–Trinajstić information content (AvgIpc) is 2.53. The van der Waals surface area contributed by atoms with Gasteiger partial charge in [-0.05, 0) is 24.1 Å². The minimum absolute atomic E-state index is 0.165. The van der Waals surface area contributed by atoms with Gasteiger partial charge < -0.3 is 10.1 Å². The third kappa shape index (κ3) is 5.73. The van der Waals surface area contributed by atoms with Gasteiger partial charge >= 0.3 is 0 Å². The molecule has 1 unspecified atom stereocenters. The monoisotopic (exact) mass is 294 g/mol. The Hall–Kier alpha value is -0.970. The summed E-state index contributed by atoms with van der Waals surface area (Å²) in [5.41, 5.74) is 1.19. The maximum Gasteiger partial charge on any atom is 0.123 e. The van der Waals surface area contributed by atoms with E-state index in [9.17, 15) is 4.39 Å². The van der Waals surface area contributed by atoms with E-state index in [2.05, 4.69) is 17.1 Å². The van der Waals surface area contributed by atoms with E-state index < -0.39 is 0 Å². The van der Waals surface area contributed by atoms with Crippen molar-refractivity contribution in [2.45, 2.75) is 32.2 Å². The third-order valence-corrected chi connectivity index (χ3v) is 4.04. The summed E-state index contributed by atoms with van der Waals surface area (Å²) in [5, 5.41) is 3.63. The van der Waals surface area contributed by atoms with Crippen LogP contribution in [0.1, 0.15) is 37.8 Å². The molecular formula is C17H27FN2O. The molecule has 1 heterocycles. The highest BCUT2D eigenvalue weighted by atomic mass is 19.1. The van der Waals surface area contributed by atoms with Gasteiger partial charge in [0.2, 0.25) is 0 Å². The summed E-state index contributed by atoms with van der Waals surface area (Å²) in [6.07, 6.45) is 3.47. The molecule has 0 bridgehead atoms. The molecule has 118 valence electrons. The molecule has 21 heavy (non-hydrogen) atoms. The number of unbranched alkanes of at least 4 members (excludes halogenated alkanes) is 1. The Morgan fingerprint density at radius 2 is 1.95 bits per heavy atom. The fourth-order valence-electron chi connectivity index (χ4n) is 2.71. The lowest BCUT2D eigenvalue weighted by atomic mass is 10.0. The van der Waals surface area contributed by atoms with Crippen molar-refractivity contribution in [1.82, 2.24) is 10.2 Å². The molecule has 0 spiro atoms. The second-order valence-corrected chi connectivity index (χ2v) is 5.65. The molecule has 0 amide bonds. The van der Waals surface area contributed by atoms with E-state index in [1.165, 1.54) is 18.4 Å². The SMILES string of the molecule is CCCCC(NCCN1CCOCC1)c1ccc(F)cc1. The van der Waals surface area contributed by atoms with Crippen LogP contribution in [0.4, 0.5) is 4.39 Å².